The van der Waals surface area contributed by atoms with Crippen LogP contribution in [0.4, 0.5) is 4.79 Å². The number of hydrogen-bond donors (Lipinski definition) is 3. The second-order valence-electron chi connectivity index (χ2n) is 8.62. The highest BCUT2D eigenvalue weighted by atomic mass is 16.5. The number of nitrogens with one attached hydrogen (secondary N) is 2. The average Bonchev–Trinajstić information content (AvgIpc) is 3.08. The lowest BCUT2D eigenvalue weighted by Crippen LogP contribution is -2.50. The first-order valence-electron chi connectivity index (χ1n) is 11.0. The molecule has 1 aliphatic carbocycles. The minimum Gasteiger partial charge on any atom is -0.481 e. The number of rotatable bonds is 10. The van der Waals surface area contributed by atoms with Gasteiger partial charge in [0, 0.05) is 12.0 Å². The Morgan fingerprint density at radius 2 is 1.58 bits per heavy atom. The fourth-order valence-corrected chi connectivity index (χ4v) is 4.09. The molecule has 2 aromatic carbocycles. The number of amides is 2. The quantitative estimate of drug-likeness (QED) is 0.511. The highest BCUT2D eigenvalue weighted by molar-refractivity contribution is 5.86. The number of carboxylic acid groups (broad SMARTS) is 1. The van der Waals surface area contributed by atoms with E-state index in [0.29, 0.717) is 13.0 Å². The largest absolute Gasteiger partial charge is 0.481 e. The van der Waals surface area contributed by atoms with Crippen molar-refractivity contribution in [2.75, 3.05) is 27.2 Å². The lowest BCUT2D eigenvalue weighted by atomic mass is 9.98. The zero-order chi connectivity index (χ0) is 24.0. The molecule has 3 rings (SSSR count). The van der Waals surface area contributed by atoms with Gasteiger partial charge in [0.05, 0.1) is 6.42 Å². The van der Waals surface area contributed by atoms with Crippen molar-refractivity contribution in [1.29, 1.82) is 0 Å². The number of carboxylic acids is 1. The topological polar surface area (TPSA) is 108 Å². The van der Waals surface area contributed by atoms with Crippen LogP contribution < -0.4 is 10.6 Å². The van der Waals surface area contributed by atoms with Gasteiger partial charge >= 0.3 is 12.1 Å². The van der Waals surface area contributed by atoms with E-state index in [-0.39, 0.29) is 18.9 Å². The molecule has 176 valence electrons. The fraction of sp³-hybridized carbons (Fsp3) is 0.400. The van der Waals surface area contributed by atoms with Gasteiger partial charge in [0.2, 0.25) is 5.91 Å². The molecule has 33 heavy (non-hydrogen) atoms. The molecule has 0 aromatic heterocycles. The van der Waals surface area contributed by atoms with Crippen molar-refractivity contribution >= 4 is 18.0 Å². The number of aliphatic carboxylic acids is 1. The van der Waals surface area contributed by atoms with Crippen LogP contribution in [0, 0.1) is 0 Å². The van der Waals surface area contributed by atoms with Crippen LogP contribution in [0.3, 0.4) is 0 Å². The van der Waals surface area contributed by atoms with Crippen LogP contribution in [-0.4, -0.2) is 67.3 Å². The van der Waals surface area contributed by atoms with E-state index in [1.807, 2.05) is 55.4 Å². The molecule has 2 atom stereocenters. The summed E-state index contributed by atoms with van der Waals surface area (Å²) in [5.41, 5.74) is 4.49. The number of alkyl carbamates (subject to hydrolysis) is 1. The van der Waals surface area contributed by atoms with E-state index in [0.717, 1.165) is 22.3 Å². The lowest BCUT2D eigenvalue weighted by molar-refractivity contribution is -0.137. The Kier molecular flexibility index (Phi) is 8.06. The summed E-state index contributed by atoms with van der Waals surface area (Å²) in [7, 11) is 3.74. The first-order chi connectivity index (χ1) is 15.8. The van der Waals surface area contributed by atoms with Gasteiger partial charge in [-0.3, -0.25) is 9.59 Å². The number of benzene rings is 2. The number of hydrogen-bond acceptors (Lipinski definition) is 5. The van der Waals surface area contributed by atoms with E-state index >= 15 is 0 Å². The van der Waals surface area contributed by atoms with Crippen molar-refractivity contribution < 1.29 is 24.2 Å². The molecule has 2 amide bonds. The predicted molar refractivity (Wildman–Crippen MR) is 125 cm³/mol. The van der Waals surface area contributed by atoms with Crippen LogP contribution in [0.1, 0.15) is 36.8 Å². The molecule has 0 bridgehead atoms. The normalized spacial score (nSPS) is 14.2. The van der Waals surface area contributed by atoms with Gasteiger partial charge in [-0.15, -0.1) is 0 Å². The van der Waals surface area contributed by atoms with E-state index in [1.54, 1.807) is 6.92 Å². The van der Waals surface area contributed by atoms with Gasteiger partial charge in [-0.05, 0) is 56.2 Å². The standard InChI is InChI=1S/C25H31N3O5/c1-16(14-23(29)30)26-24(31)22(12-13-28(2)3)27-25(32)33-15-21-19-10-6-4-8-17(19)18-9-5-7-11-20(18)21/h4-11,16,21-22H,12-15H2,1-3H3,(H,26,31)(H,27,32)(H,29,30)/t16-,22?/m0/s1. The third-order valence-electron chi connectivity index (χ3n) is 5.69. The molecular formula is C25H31N3O5. The maximum Gasteiger partial charge on any atom is 0.407 e. The fourth-order valence-electron chi connectivity index (χ4n) is 4.09. The van der Waals surface area contributed by atoms with Crippen molar-refractivity contribution in [2.45, 2.75) is 37.8 Å². The summed E-state index contributed by atoms with van der Waals surface area (Å²) in [4.78, 5) is 38.1. The lowest BCUT2D eigenvalue weighted by Gasteiger charge is -2.22. The van der Waals surface area contributed by atoms with Crippen molar-refractivity contribution in [2.24, 2.45) is 0 Å². The van der Waals surface area contributed by atoms with Gasteiger partial charge < -0.3 is 25.4 Å². The second kappa shape index (κ2) is 11.0. The molecule has 2 aromatic rings. The zero-order valence-electron chi connectivity index (χ0n) is 19.2. The Morgan fingerprint density at radius 1 is 1.00 bits per heavy atom. The summed E-state index contributed by atoms with van der Waals surface area (Å²) < 4.78 is 5.56. The van der Waals surface area contributed by atoms with Crippen molar-refractivity contribution in [1.82, 2.24) is 15.5 Å². The van der Waals surface area contributed by atoms with Gasteiger partial charge in [-0.25, -0.2) is 4.79 Å². The van der Waals surface area contributed by atoms with Crippen molar-refractivity contribution in [3.8, 4) is 11.1 Å². The molecular weight excluding hydrogens is 422 g/mol. The number of fused-ring (bicyclic) bond motifs is 3. The average molecular weight is 454 g/mol. The summed E-state index contributed by atoms with van der Waals surface area (Å²) in [6.07, 6.45) is -0.512. The maximum atomic E-state index is 12.7. The van der Waals surface area contributed by atoms with Crippen LogP contribution in [0.15, 0.2) is 48.5 Å². The van der Waals surface area contributed by atoms with Crippen LogP contribution in [-0.2, 0) is 14.3 Å². The predicted octanol–water partition coefficient (Wildman–Crippen LogP) is 2.82. The van der Waals surface area contributed by atoms with E-state index in [9.17, 15) is 14.4 Å². The molecule has 0 fully saturated rings. The minimum absolute atomic E-state index is 0.0761. The third-order valence-corrected chi connectivity index (χ3v) is 5.69. The Balaban J connectivity index is 1.64. The molecule has 0 radical (unpaired) electrons. The van der Waals surface area contributed by atoms with Gasteiger partial charge in [0.25, 0.3) is 0 Å². The van der Waals surface area contributed by atoms with Crippen LogP contribution in [0.5, 0.6) is 0 Å². The number of nitrogens with zero attached hydrogens (tertiary/aromatic N) is 1. The summed E-state index contributed by atoms with van der Waals surface area (Å²) in [5, 5.41) is 14.2. The first kappa shape index (κ1) is 24.3. The Bertz CT molecular complexity index is 962. The van der Waals surface area contributed by atoms with Crippen molar-refractivity contribution in [3.63, 3.8) is 0 Å². The van der Waals surface area contributed by atoms with Gasteiger partial charge in [0.15, 0.2) is 0 Å². The molecule has 1 unspecified atom stereocenters. The zero-order valence-corrected chi connectivity index (χ0v) is 19.2. The summed E-state index contributed by atoms with van der Waals surface area (Å²) in [5.74, 6) is -1.51. The molecule has 0 aliphatic heterocycles. The number of ether oxygens (including phenoxy) is 1. The Hall–Kier alpha value is -3.39. The van der Waals surface area contributed by atoms with Gasteiger partial charge in [-0.2, -0.15) is 0 Å². The number of carbonyl (C=O) groups excluding carboxylic acids is 2. The minimum atomic E-state index is -1.00. The maximum absolute atomic E-state index is 12.7. The molecule has 0 saturated heterocycles. The Morgan fingerprint density at radius 3 is 2.12 bits per heavy atom. The van der Waals surface area contributed by atoms with Gasteiger partial charge in [-0.1, -0.05) is 48.5 Å². The molecule has 1 aliphatic rings. The van der Waals surface area contributed by atoms with Crippen LogP contribution >= 0.6 is 0 Å². The highest BCUT2D eigenvalue weighted by Gasteiger charge is 2.30. The first-order valence-corrected chi connectivity index (χ1v) is 11.0. The Labute approximate surface area is 193 Å². The smallest absolute Gasteiger partial charge is 0.407 e. The molecule has 0 heterocycles. The van der Waals surface area contributed by atoms with E-state index in [4.69, 9.17) is 9.84 Å². The van der Waals surface area contributed by atoms with E-state index < -0.39 is 30.1 Å². The van der Waals surface area contributed by atoms with E-state index in [1.165, 1.54) is 0 Å². The summed E-state index contributed by atoms with van der Waals surface area (Å²) >= 11 is 0. The third kappa shape index (κ3) is 6.32. The number of carbonyl (C=O) groups is 3. The summed E-state index contributed by atoms with van der Waals surface area (Å²) in [6.45, 7) is 2.33. The van der Waals surface area contributed by atoms with Crippen LogP contribution in [0.2, 0.25) is 0 Å². The van der Waals surface area contributed by atoms with Crippen molar-refractivity contribution in [3.05, 3.63) is 59.7 Å². The SMILES string of the molecule is C[C@@H](CC(=O)O)NC(=O)C(CCN(C)C)NC(=O)OCC1c2ccccc2-c2ccccc21. The monoisotopic (exact) mass is 453 g/mol. The molecule has 8 nitrogen and oxygen atoms in total. The highest BCUT2D eigenvalue weighted by Crippen LogP contribution is 2.44. The van der Waals surface area contributed by atoms with Gasteiger partial charge in [0.1, 0.15) is 12.6 Å². The molecule has 3 N–H and O–H groups in total. The second-order valence-corrected chi connectivity index (χ2v) is 8.62. The van der Waals surface area contributed by atoms with E-state index in [2.05, 4.69) is 22.8 Å². The van der Waals surface area contributed by atoms with Crippen LogP contribution in [0.25, 0.3) is 11.1 Å². The molecule has 0 saturated carbocycles. The molecule has 8 heteroatoms. The molecule has 0 spiro atoms. The summed E-state index contributed by atoms with van der Waals surface area (Å²) in [6, 6.07) is 14.7.